The van der Waals surface area contributed by atoms with Crippen LogP contribution in [0.4, 0.5) is 0 Å². The van der Waals surface area contributed by atoms with E-state index in [1.165, 1.54) is 5.56 Å². The Bertz CT molecular complexity index is 555. The number of pyridine rings is 1. The fourth-order valence-corrected chi connectivity index (χ4v) is 1.78. The minimum Gasteiger partial charge on any atom is -0.359 e. The minimum absolute atomic E-state index is 0.185. The predicted molar refractivity (Wildman–Crippen MR) is 72.4 cm³/mol. The molecule has 2 heterocycles. The van der Waals surface area contributed by atoms with Crippen molar-refractivity contribution in [3.05, 3.63) is 47.6 Å². The molecule has 0 bridgehead atoms. The fraction of sp³-hybridized carbons (Fsp3) is 0.308. The lowest BCUT2D eigenvalue weighted by Gasteiger charge is -2.14. The lowest BCUT2D eigenvalue weighted by atomic mass is 10.2. The number of hydrazine groups is 1. The molecule has 0 fully saturated rings. The van der Waals surface area contributed by atoms with Crippen LogP contribution in [0.2, 0.25) is 0 Å². The van der Waals surface area contributed by atoms with Crippen molar-refractivity contribution >= 4 is 5.91 Å². The molecule has 2 aromatic heterocycles. The number of carbonyl (C=O) groups is 1. The van der Waals surface area contributed by atoms with Gasteiger partial charge in [-0.2, -0.15) is 0 Å². The molecular weight excluding hydrogens is 258 g/mol. The van der Waals surface area contributed by atoms with E-state index >= 15 is 0 Å². The average molecular weight is 275 g/mol. The molecule has 0 atom stereocenters. The molecule has 1 amide bonds. The highest BCUT2D eigenvalue weighted by Gasteiger charge is 2.12. The zero-order valence-corrected chi connectivity index (χ0v) is 11.2. The molecule has 0 aromatic carbocycles. The molecule has 3 N–H and O–H groups in total. The molecule has 2 rings (SSSR count). The first-order chi connectivity index (χ1) is 9.69. The molecule has 0 aliphatic carbocycles. The largest absolute Gasteiger partial charge is 0.359 e. The summed E-state index contributed by atoms with van der Waals surface area (Å²) >= 11 is 0. The zero-order chi connectivity index (χ0) is 14.4. The number of nitrogens with zero attached hydrogens (tertiary/aromatic N) is 3. The van der Waals surface area contributed by atoms with Crippen LogP contribution in [0, 0.1) is 0 Å². The summed E-state index contributed by atoms with van der Waals surface area (Å²) in [6.07, 6.45) is 4.48. The molecule has 0 unspecified atom stereocenters. The summed E-state index contributed by atoms with van der Waals surface area (Å²) in [5, 5.41) is 3.66. The third kappa shape index (κ3) is 3.87. The van der Waals surface area contributed by atoms with Crippen molar-refractivity contribution in [1.82, 2.24) is 20.5 Å². The Balaban J connectivity index is 1.83. The highest BCUT2D eigenvalue weighted by Crippen LogP contribution is 2.07. The lowest BCUT2D eigenvalue weighted by molar-refractivity contribution is 0.0944. The van der Waals surface area contributed by atoms with Gasteiger partial charge < -0.3 is 4.52 Å². The van der Waals surface area contributed by atoms with Gasteiger partial charge in [-0.1, -0.05) is 5.16 Å². The SMILES string of the molecule is CN(CCc1ccncc1)Cc1cc(C(=O)NN)no1. The first-order valence-corrected chi connectivity index (χ1v) is 6.23. The zero-order valence-electron chi connectivity index (χ0n) is 11.2. The Kier molecular flexibility index (Phi) is 4.80. The molecule has 106 valence electrons. The average Bonchev–Trinajstić information content (AvgIpc) is 2.94. The number of nitrogens with two attached hydrogens (primary N) is 1. The number of carbonyl (C=O) groups excluding carboxylic acids is 1. The third-order valence-corrected chi connectivity index (χ3v) is 2.88. The van der Waals surface area contributed by atoms with Crippen molar-refractivity contribution in [2.24, 2.45) is 5.84 Å². The van der Waals surface area contributed by atoms with Gasteiger partial charge in [0.05, 0.1) is 6.54 Å². The van der Waals surface area contributed by atoms with Gasteiger partial charge in [0.2, 0.25) is 0 Å². The van der Waals surface area contributed by atoms with Gasteiger partial charge in [0, 0.05) is 25.0 Å². The summed E-state index contributed by atoms with van der Waals surface area (Å²) in [5.74, 6) is 5.20. The van der Waals surface area contributed by atoms with E-state index < -0.39 is 5.91 Å². The van der Waals surface area contributed by atoms with Crippen LogP contribution in [0.5, 0.6) is 0 Å². The summed E-state index contributed by atoms with van der Waals surface area (Å²) in [6, 6.07) is 5.57. The Morgan fingerprint density at radius 1 is 1.45 bits per heavy atom. The summed E-state index contributed by atoms with van der Waals surface area (Å²) in [7, 11) is 1.98. The van der Waals surface area contributed by atoms with E-state index in [0.717, 1.165) is 13.0 Å². The number of hydrogen-bond donors (Lipinski definition) is 2. The van der Waals surface area contributed by atoms with Gasteiger partial charge in [-0.05, 0) is 31.2 Å². The van der Waals surface area contributed by atoms with Crippen LogP contribution in [0.15, 0.2) is 35.1 Å². The van der Waals surface area contributed by atoms with Crippen molar-refractivity contribution in [2.45, 2.75) is 13.0 Å². The standard InChI is InChI=1S/C13H17N5O2/c1-18(7-4-10-2-5-15-6-3-10)9-11-8-12(17-20-11)13(19)16-14/h2-3,5-6,8H,4,7,9,14H2,1H3,(H,16,19). The van der Waals surface area contributed by atoms with Crippen LogP contribution < -0.4 is 11.3 Å². The second-order valence-electron chi connectivity index (χ2n) is 4.50. The van der Waals surface area contributed by atoms with Gasteiger partial charge in [0.1, 0.15) is 0 Å². The maximum Gasteiger partial charge on any atom is 0.287 e. The first kappa shape index (κ1) is 14.2. The van der Waals surface area contributed by atoms with Gasteiger partial charge in [-0.25, -0.2) is 5.84 Å². The quantitative estimate of drug-likeness (QED) is 0.448. The molecule has 0 aliphatic rings. The monoisotopic (exact) mass is 275 g/mol. The van der Waals surface area contributed by atoms with Gasteiger partial charge in [0.25, 0.3) is 5.91 Å². The fourth-order valence-electron chi connectivity index (χ4n) is 1.78. The lowest BCUT2D eigenvalue weighted by Crippen LogP contribution is -2.30. The molecule has 0 spiro atoms. The van der Waals surface area contributed by atoms with E-state index in [4.69, 9.17) is 10.4 Å². The van der Waals surface area contributed by atoms with Crippen LogP contribution in [-0.2, 0) is 13.0 Å². The van der Waals surface area contributed by atoms with E-state index in [2.05, 4.69) is 15.0 Å². The highest BCUT2D eigenvalue weighted by molar-refractivity contribution is 5.91. The van der Waals surface area contributed by atoms with Crippen molar-refractivity contribution in [3.8, 4) is 0 Å². The maximum absolute atomic E-state index is 11.2. The molecule has 0 radical (unpaired) electrons. The molecule has 0 aliphatic heterocycles. The number of aromatic nitrogens is 2. The van der Waals surface area contributed by atoms with Gasteiger partial charge in [-0.15, -0.1) is 0 Å². The molecule has 2 aromatic rings. The Labute approximate surface area is 116 Å². The van der Waals surface area contributed by atoms with E-state index in [0.29, 0.717) is 12.3 Å². The Morgan fingerprint density at radius 3 is 2.90 bits per heavy atom. The number of nitrogen functional groups attached to an aromatic ring is 1. The second-order valence-corrected chi connectivity index (χ2v) is 4.50. The van der Waals surface area contributed by atoms with E-state index in [1.807, 2.05) is 24.6 Å². The topological polar surface area (TPSA) is 97.3 Å². The molecule has 7 heteroatoms. The maximum atomic E-state index is 11.2. The van der Waals surface area contributed by atoms with Gasteiger partial charge in [0.15, 0.2) is 11.5 Å². The van der Waals surface area contributed by atoms with Crippen molar-refractivity contribution in [2.75, 3.05) is 13.6 Å². The van der Waals surface area contributed by atoms with Crippen molar-refractivity contribution < 1.29 is 9.32 Å². The summed E-state index contributed by atoms with van der Waals surface area (Å²) in [4.78, 5) is 17.3. The normalized spacial score (nSPS) is 10.8. The highest BCUT2D eigenvalue weighted by atomic mass is 16.5. The molecule has 20 heavy (non-hydrogen) atoms. The summed E-state index contributed by atoms with van der Waals surface area (Å²) in [5.41, 5.74) is 3.43. The second kappa shape index (κ2) is 6.78. The van der Waals surface area contributed by atoms with Crippen LogP contribution in [-0.4, -0.2) is 34.5 Å². The molecule has 0 saturated heterocycles. The number of likely N-dealkylation sites (N-methyl/N-ethyl adjacent to an activating group) is 1. The molecular formula is C13H17N5O2. The van der Waals surface area contributed by atoms with Gasteiger partial charge >= 0.3 is 0 Å². The van der Waals surface area contributed by atoms with Crippen LogP contribution in [0.25, 0.3) is 0 Å². The summed E-state index contributed by atoms with van der Waals surface area (Å²) in [6.45, 7) is 1.44. The summed E-state index contributed by atoms with van der Waals surface area (Å²) < 4.78 is 5.09. The van der Waals surface area contributed by atoms with Crippen LogP contribution in [0.1, 0.15) is 21.8 Å². The third-order valence-electron chi connectivity index (χ3n) is 2.88. The smallest absolute Gasteiger partial charge is 0.287 e. The Morgan fingerprint density at radius 2 is 2.20 bits per heavy atom. The van der Waals surface area contributed by atoms with E-state index in [9.17, 15) is 4.79 Å². The van der Waals surface area contributed by atoms with E-state index in [-0.39, 0.29) is 5.69 Å². The predicted octanol–water partition coefficient (Wildman–Crippen LogP) is 0.348. The number of rotatable bonds is 6. The van der Waals surface area contributed by atoms with Gasteiger partial charge in [-0.3, -0.25) is 20.1 Å². The number of amides is 1. The van der Waals surface area contributed by atoms with Crippen LogP contribution >= 0.6 is 0 Å². The number of hydrogen-bond acceptors (Lipinski definition) is 6. The van der Waals surface area contributed by atoms with E-state index in [1.54, 1.807) is 18.5 Å². The van der Waals surface area contributed by atoms with Crippen molar-refractivity contribution in [3.63, 3.8) is 0 Å². The first-order valence-electron chi connectivity index (χ1n) is 6.23. The molecule has 0 saturated carbocycles. The molecule has 7 nitrogen and oxygen atoms in total. The minimum atomic E-state index is -0.459. The van der Waals surface area contributed by atoms with Crippen molar-refractivity contribution in [1.29, 1.82) is 0 Å². The number of nitrogens with one attached hydrogen (secondary N) is 1. The van der Waals surface area contributed by atoms with Crippen LogP contribution in [0.3, 0.4) is 0 Å². The Hall–Kier alpha value is -2.25.